The van der Waals surface area contributed by atoms with E-state index in [2.05, 4.69) is 5.32 Å². The van der Waals surface area contributed by atoms with Crippen LogP contribution in [0.2, 0.25) is 0 Å². The van der Waals surface area contributed by atoms with Crippen molar-refractivity contribution in [3.8, 4) is 0 Å². The minimum Gasteiger partial charge on any atom is -0.335 e. The molecule has 3 aromatic carbocycles. The van der Waals surface area contributed by atoms with E-state index < -0.39 is 5.82 Å². The molecule has 0 saturated heterocycles. The van der Waals surface area contributed by atoms with Crippen LogP contribution in [0, 0.1) is 5.82 Å². The predicted molar refractivity (Wildman–Crippen MR) is 108 cm³/mol. The molecule has 1 atom stereocenters. The molecule has 0 fully saturated rings. The SMILES string of the molecule is CC(c1cccc(NC(=O)c2ccccc2)c1)N(C)C(=O)c1cccc(F)c1. The molecule has 142 valence electrons. The summed E-state index contributed by atoms with van der Waals surface area (Å²) in [6, 6.07) is 21.7. The summed E-state index contributed by atoms with van der Waals surface area (Å²) in [5, 5.41) is 2.87. The summed E-state index contributed by atoms with van der Waals surface area (Å²) in [7, 11) is 1.67. The average molecular weight is 376 g/mol. The summed E-state index contributed by atoms with van der Waals surface area (Å²) in [4.78, 5) is 26.5. The largest absolute Gasteiger partial charge is 0.335 e. The Morgan fingerprint density at radius 1 is 0.893 bits per heavy atom. The molecule has 1 N–H and O–H groups in total. The summed E-state index contributed by atoms with van der Waals surface area (Å²) >= 11 is 0. The molecule has 5 heteroatoms. The Balaban J connectivity index is 1.75. The molecule has 0 aromatic heterocycles. The first kappa shape index (κ1) is 19.3. The average Bonchev–Trinajstić information content (AvgIpc) is 2.73. The van der Waals surface area contributed by atoms with Crippen LogP contribution in [0.4, 0.5) is 10.1 Å². The second-order valence-corrected chi connectivity index (χ2v) is 6.55. The van der Waals surface area contributed by atoms with Gasteiger partial charge in [0.2, 0.25) is 0 Å². The van der Waals surface area contributed by atoms with Crippen LogP contribution < -0.4 is 5.32 Å². The number of nitrogens with one attached hydrogen (secondary N) is 1. The first-order valence-corrected chi connectivity index (χ1v) is 8.95. The molecule has 0 aliphatic carbocycles. The molecule has 0 bridgehead atoms. The molecule has 3 aromatic rings. The fraction of sp³-hybridized carbons (Fsp3) is 0.130. The first-order valence-electron chi connectivity index (χ1n) is 8.95. The molecule has 4 nitrogen and oxygen atoms in total. The van der Waals surface area contributed by atoms with E-state index in [0.717, 1.165) is 5.56 Å². The van der Waals surface area contributed by atoms with Crippen LogP contribution in [0.3, 0.4) is 0 Å². The highest BCUT2D eigenvalue weighted by Gasteiger charge is 2.19. The van der Waals surface area contributed by atoms with Crippen molar-refractivity contribution in [3.05, 3.63) is 101 Å². The molecule has 1 unspecified atom stereocenters. The monoisotopic (exact) mass is 376 g/mol. The van der Waals surface area contributed by atoms with Gasteiger partial charge in [0.05, 0.1) is 6.04 Å². The van der Waals surface area contributed by atoms with Gasteiger partial charge in [0, 0.05) is 23.9 Å². The minimum absolute atomic E-state index is 0.199. The highest BCUT2D eigenvalue weighted by atomic mass is 19.1. The minimum atomic E-state index is -0.447. The Bertz CT molecular complexity index is 989. The van der Waals surface area contributed by atoms with Crippen LogP contribution in [-0.4, -0.2) is 23.8 Å². The molecule has 0 aliphatic heterocycles. The lowest BCUT2D eigenvalue weighted by Gasteiger charge is -2.26. The van der Waals surface area contributed by atoms with Gasteiger partial charge in [-0.05, 0) is 55.0 Å². The van der Waals surface area contributed by atoms with Gasteiger partial charge < -0.3 is 10.2 Å². The van der Waals surface area contributed by atoms with Crippen LogP contribution >= 0.6 is 0 Å². The number of hydrogen-bond donors (Lipinski definition) is 1. The Hall–Kier alpha value is -3.47. The van der Waals surface area contributed by atoms with Crippen molar-refractivity contribution in [2.45, 2.75) is 13.0 Å². The summed E-state index contributed by atoms with van der Waals surface area (Å²) < 4.78 is 13.4. The number of hydrogen-bond acceptors (Lipinski definition) is 2. The number of halogens is 1. The molecular formula is C23H21FN2O2. The van der Waals surface area contributed by atoms with Crippen molar-refractivity contribution in [2.75, 3.05) is 12.4 Å². The Morgan fingerprint density at radius 3 is 2.29 bits per heavy atom. The van der Waals surface area contributed by atoms with Gasteiger partial charge in [0.15, 0.2) is 0 Å². The van der Waals surface area contributed by atoms with Crippen molar-refractivity contribution >= 4 is 17.5 Å². The van der Waals surface area contributed by atoms with Crippen molar-refractivity contribution < 1.29 is 14.0 Å². The lowest BCUT2D eigenvalue weighted by Crippen LogP contribution is -2.29. The second kappa shape index (κ2) is 8.48. The fourth-order valence-electron chi connectivity index (χ4n) is 2.89. The quantitative estimate of drug-likeness (QED) is 0.688. The normalized spacial score (nSPS) is 11.5. The number of carbonyl (C=O) groups is 2. The molecule has 0 radical (unpaired) electrons. The predicted octanol–water partition coefficient (Wildman–Crippen LogP) is 4.91. The van der Waals surface area contributed by atoms with Crippen LogP contribution in [0.1, 0.15) is 39.2 Å². The maximum absolute atomic E-state index is 13.4. The highest BCUT2D eigenvalue weighted by Crippen LogP contribution is 2.24. The molecule has 28 heavy (non-hydrogen) atoms. The number of rotatable bonds is 5. The van der Waals surface area contributed by atoms with E-state index in [4.69, 9.17) is 0 Å². The van der Waals surface area contributed by atoms with Gasteiger partial charge in [-0.15, -0.1) is 0 Å². The molecule has 3 rings (SSSR count). The molecule has 0 aliphatic rings. The molecule has 0 spiro atoms. The summed E-state index contributed by atoms with van der Waals surface area (Å²) in [6.07, 6.45) is 0. The van der Waals surface area contributed by atoms with Crippen molar-refractivity contribution in [1.82, 2.24) is 4.90 Å². The van der Waals surface area contributed by atoms with Crippen LogP contribution in [0.15, 0.2) is 78.9 Å². The highest BCUT2D eigenvalue weighted by molar-refractivity contribution is 6.04. The Morgan fingerprint density at radius 2 is 1.57 bits per heavy atom. The topological polar surface area (TPSA) is 49.4 Å². The zero-order valence-corrected chi connectivity index (χ0v) is 15.7. The third-order valence-electron chi connectivity index (χ3n) is 4.64. The molecule has 0 saturated carbocycles. The standard InChI is InChI=1S/C23H21FN2O2/c1-16(26(2)23(28)19-11-6-12-20(24)14-19)18-10-7-13-21(15-18)25-22(27)17-8-4-3-5-9-17/h3-16H,1-2H3,(H,25,27). The van der Waals surface area contributed by atoms with Crippen molar-refractivity contribution in [3.63, 3.8) is 0 Å². The van der Waals surface area contributed by atoms with Crippen LogP contribution in [0.5, 0.6) is 0 Å². The van der Waals surface area contributed by atoms with Gasteiger partial charge in [0.1, 0.15) is 5.82 Å². The van der Waals surface area contributed by atoms with Gasteiger partial charge >= 0.3 is 0 Å². The number of nitrogens with zero attached hydrogens (tertiary/aromatic N) is 1. The summed E-state index contributed by atoms with van der Waals surface area (Å²) in [5.41, 5.74) is 2.37. The van der Waals surface area contributed by atoms with Gasteiger partial charge in [-0.2, -0.15) is 0 Å². The summed E-state index contributed by atoms with van der Waals surface area (Å²) in [6.45, 7) is 1.88. The number of anilines is 1. The van der Waals surface area contributed by atoms with Crippen molar-refractivity contribution in [1.29, 1.82) is 0 Å². The molecular weight excluding hydrogens is 355 g/mol. The second-order valence-electron chi connectivity index (χ2n) is 6.55. The number of benzene rings is 3. The van der Waals surface area contributed by atoms with Gasteiger partial charge in [0.25, 0.3) is 11.8 Å². The van der Waals surface area contributed by atoms with E-state index in [0.29, 0.717) is 16.8 Å². The Kier molecular flexibility index (Phi) is 5.84. The van der Waals surface area contributed by atoms with Gasteiger partial charge in [-0.25, -0.2) is 4.39 Å². The lowest BCUT2D eigenvalue weighted by atomic mass is 10.0. The third-order valence-corrected chi connectivity index (χ3v) is 4.64. The number of amides is 2. The summed E-state index contributed by atoms with van der Waals surface area (Å²) in [5.74, 6) is -0.919. The zero-order valence-electron chi connectivity index (χ0n) is 15.7. The molecule has 2 amide bonds. The van der Waals surface area contributed by atoms with E-state index in [-0.39, 0.29) is 17.9 Å². The maximum Gasteiger partial charge on any atom is 0.255 e. The van der Waals surface area contributed by atoms with Crippen LogP contribution in [-0.2, 0) is 0 Å². The van der Waals surface area contributed by atoms with Crippen LogP contribution in [0.25, 0.3) is 0 Å². The zero-order chi connectivity index (χ0) is 20.1. The maximum atomic E-state index is 13.4. The third kappa shape index (κ3) is 4.43. The number of carbonyl (C=O) groups excluding carboxylic acids is 2. The van der Waals surface area contributed by atoms with E-state index in [1.54, 1.807) is 48.3 Å². The smallest absolute Gasteiger partial charge is 0.255 e. The van der Waals surface area contributed by atoms with E-state index in [1.807, 2.05) is 31.2 Å². The van der Waals surface area contributed by atoms with Gasteiger partial charge in [-0.3, -0.25) is 9.59 Å². The van der Waals surface area contributed by atoms with E-state index in [9.17, 15) is 14.0 Å². The fourth-order valence-corrected chi connectivity index (χ4v) is 2.89. The Labute approximate surface area is 163 Å². The first-order chi connectivity index (χ1) is 13.5. The lowest BCUT2D eigenvalue weighted by molar-refractivity contribution is 0.0742. The van der Waals surface area contributed by atoms with Gasteiger partial charge in [-0.1, -0.05) is 36.4 Å². The van der Waals surface area contributed by atoms with E-state index in [1.165, 1.54) is 18.2 Å². The van der Waals surface area contributed by atoms with Crippen molar-refractivity contribution in [2.24, 2.45) is 0 Å². The molecule has 0 heterocycles. The van der Waals surface area contributed by atoms with E-state index >= 15 is 0 Å².